The Morgan fingerprint density at radius 2 is 1.93 bits per heavy atom. The normalized spacial score (nSPS) is 9.86. The van der Waals surface area contributed by atoms with Crippen LogP contribution >= 0.6 is 0 Å². The maximum Gasteiger partial charge on any atom is 0.141 e. The summed E-state index contributed by atoms with van der Waals surface area (Å²) in [4.78, 5) is 4.29. The molecule has 2 rings (SSSR count). The fraction of sp³-hybridized carbons (Fsp3) is 0.182. The molecule has 3 radical (unpaired) electrons. The molecular formula is C11H11AlNO. The Kier molecular flexibility index (Phi) is 3.15. The van der Waals surface area contributed by atoms with Crippen molar-refractivity contribution >= 4 is 28.3 Å². The van der Waals surface area contributed by atoms with E-state index in [1.807, 2.05) is 32.0 Å². The maximum atomic E-state index is 9.56. The van der Waals surface area contributed by atoms with E-state index in [2.05, 4.69) is 4.98 Å². The number of aromatic nitrogens is 1. The molecule has 0 saturated carbocycles. The third-order valence-corrected chi connectivity index (χ3v) is 2.15. The third-order valence-electron chi connectivity index (χ3n) is 2.15. The molecule has 0 atom stereocenters. The number of phenols is 1. The van der Waals surface area contributed by atoms with Crippen molar-refractivity contribution in [3.8, 4) is 5.75 Å². The zero-order valence-corrected chi connectivity index (χ0v) is 9.44. The first-order valence-electron chi connectivity index (χ1n) is 4.24. The van der Waals surface area contributed by atoms with Crippen LogP contribution in [0.3, 0.4) is 0 Å². The largest absolute Gasteiger partial charge is 0.506 e. The standard InChI is InChI=1S/C11H11NO.Al/c1-7-6-8(2)12-11-9(7)4-3-5-10(11)13;/h3-6,13H,1-2H3;. The molecule has 0 fully saturated rings. The number of rotatable bonds is 0. The molecule has 0 amide bonds. The Morgan fingerprint density at radius 3 is 2.64 bits per heavy atom. The molecule has 2 nitrogen and oxygen atoms in total. The highest BCUT2D eigenvalue weighted by Crippen LogP contribution is 2.24. The van der Waals surface area contributed by atoms with E-state index in [0.717, 1.165) is 16.6 Å². The zero-order chi connectivity index (χ0) is 9.42. The first kappa shape index (κ1) is 11.0. The van der Waals surface area contributed by atoms with Crippen molar-refractivity contribution in [1.82, 2.24) is 4.98 Å². The lowest BCUT2D eigenvalue weighted by Gasteiger charge is -2.04. The lowest BCUT2D eigenvalue weighted by Crippen LogP contribution is -1.87. The first-order valence-corrected chi connectivity index (χ1v) is 4.24. The zero-order valence-electron chi connectivity index (χ0n) is 8.28. The van der Waals surface area contributed by atoms with E-state index >= 15 is 0 Å². The third kappa shape index (κ3) is 1.75. The van der Waals surface area contributed by atoms with Crippen LogP contribution in [0.4, 0.5) is 0 Å². The maximum absolute atomic E-state index is 9.56. The summed E-state index contributed by atoms with van der Waals surface area (Å²) in [5.41, 5.74) is 2.78. The SMILES string of the molecule is Cc1cc(C)c2cccc(O)c2n1.[Al]. The van der Waals surface area contributed by atoms with Gasteiger partial charge in [0.2, 0.25) is 0 Å². The number of fused-ring (bicyclic) bond motifs is 1. The summed E-state index contributed by atoms with van der Waals surface area (Å²) in [6.07, 6.45) is 0. The summed E-state index contributed by atoms with van der Waals surface area (Å²) < 4.78 is 0. The van der Waals surface area contributed by atoms with Gasteiger partial charge in [0.25, 0.3) is 0 Å². The molecule has 1 N–H and O–H groups in total. The summed E-state index contributed by atoms with van der Waals surface area (Å²) in [5, 5.41) is 10.6. The number of para-hydroxylation sites is 1. The number of nitrogens with zero attached hydrogens (tertiary/aromatic N) is 1. The van der Waals surface area contributed by atoms with Gasteiger partial charge < -0.3 is 5.11 Å². The van der Waals surface area contributed by atoms with Crippen molar-refractivity contribution in [3.05, 3.63) is 35.5 Å². The van der Waals surface area contributed by atoms with Crippen molar-refractivity contribution in [2.45, 2.75) is 13.8 Å². The molecule has 0 saturated heterocycles. The van der Waals surface area contributed by atoms with Crippen molar-refractivity contribution in [1.29, 1.82) is 0 Å². The second-order valence-corrected chi connectivity index (χ2v) is 3.25. The molecule has 14 heavy (non-hydrogen) atoms. The molecule has 0 aliphatic rings. The minimum atomic E-state index is 0. The lowest BCUT2D eigenvalue weighted by atomic mass is 10.1. The van der Waals surface area contributed by atoms with Gasteiger partial charge in [-0.15, -0.1) is 0 Å². The van der Waals surface area contributed by atoms with Gasteiger partial charge in [0.15, 0.2) is 0 Å². The number of hydrogen-bond acceptors (Lipinski definition) is 2. The van der Waals surface area contributed by atoms with Crippen LogP contribution in [0.1, 0.15) is 11.3 Å². The van der Waals surface area contributed by atoms with E-state index in [-0.39, 0.29) is 23.1 Å². The quantitative estimate of drug-likeness (QED) is 0.661. The molecule has 69 valence electrons. The van der Waals surface area contributed by atoms with Crippen LogP contribution in [0.2, 0.25) is 0 Å². The van der Waals surface area contributed by atoms with E-state index in [1.54, 1.807) is 6.07 Å². The smallest absolute Gasteiger partial charge is 0.141 e. The van der Waals surface area contributed by atoms with Crippen LogP contribution in [0, 0.1) is 13.8 Å². The molecule has 2 aromatic rings. The second kappa shape index (κ2) is 4.00. The molecule has 0 aliphatic heterocycles. The summed E-state index contributed by atoms with van der Waals surface area (Å²) in [6, 6.07) is 7.48. The van der Waals surface area contributed by atoms with Crippen molar-refractivity contribution < 1.29 is 5.11 Å². The molecule has 3 heteroatoms. The molecule has 0 unspecified atom stereocenters. The van der Waals surface area contributed by atoms with Crippen LogP contribution in [0.25, 0.3) is 10.9 Å². The second-order valence-electron chi connectivity index (χ2n) is 3.25. The molecule has 1 heterocycles. The molecule has 0 bridgehead atoms. The average molecular weight is 200 g/mol. The number of aryl methyl sites for hydroxylation is 2. The predicted molar refractivity (Wildman–Crippen MR) is 58.6 cm³/mol. The molecule has 0 spiro atoms. The van der Waals surface area contributed by atoms with Crippen LogP contribution in [-0.2, 0) is 0 Å². The van der Waals surface area contributed by atoms with Gasteiger partial charge >= 0.3 is 0 Å². The number of hydrogen-bond donors (Lipinski definition) is 1. The number of phenolic OH excluding ortho intramolecular Hbond substituents is 1. The van der Waals surface area contributed by atoms with Gasteiger partial charge in [0.1, 0.15) is 11.3 Å². The number of benzene rings is 1. The van der Waals surface area contributed by atoms with Crippen LogP contribution in [0.5, 0.6) is 5.75 Å². The van der Waals surface area contributed by atoms with Crippen LogP contribution in [0.15, 0.2) is 24.3 Å². The fourth-order valence-corrected chi connectivity index (χ4v) is 1.57. The Morgan fingerprint density at radius 1 is 1.21 bits per heavy atom. The monoisotopic (exact) mass is 200 g/mol. The molecule has 0 aliphatic carbocycles. The summed E-state index contributed by atoms with van der Waals surface area (Å²) in [5.74, 6) is 0.254. The van der Waals surface area contributed by atoms with Crippen LogP contribution < -0.4 is 0 Å². The Bertz CT molecular complexity index is 468. The number of pyridine rings is 1. The fourth-order valence-electron chi connectivity index (χ4n) is 1.57. The van der Waals surface area contributed by atoms with Gasteiger partial charge in [-0.25, -0.2) is 4.98 Å². The van der Waals surface area contributed by atoms with E-state index in [0.29, 0.717) is 5.52 Å². The molecule has 1 aromatic carbocycles. The van der Waals surface area contributed by atoms with Gasteiger partial charge in [-0.1, -0.05) is 12.1 Å². The Labute approximate surface area is 93.7 Å². The van der Waals surface area contributed by atoms with E-state index in [9.17, 15) is 5.11 Å². The summed E-state index contributed by atoms with van der Waals surface area (Å²) >= 11 is 0. The molecular weight excluding hydrogens is 189 g/mol. The van der Waals surface area contributed by atoms with Crippen molar-refractivity contribution in [2.75, 3.05) is 0 Å². The van der Waals surface area contributed by atoms with Gasteiger partial charge in [-0.05, 0) is 31.5 Å². The predicted octanol–water partition coefficient (Wildman–Crippen LogP) is 2.18. The van der Waals surface area contributed by atoms with Gasteiger partial charge in [0.05, 0.1) is 0 Å². The number of aromatic hydroxyl groups is 1. The minimum Gasteiger partial charge on any atom is -0.506 e. The van der Waals surface area contributed by atoms with Crippen LogP contribution in [-0.4, -0.2) is 27.5 Å². The van der Waals surface area contributed by atoms with Gasteiger partial charge in [-0.2, -0.15) is 0 Å². The average Bonchev–Trinajstić information content (AvgIpc) is 2.07. The lowest BCUT2D eigenvalue weighted by molar-refractivity contribution is 0.480. The Balaban J connectivity index is 0.000000980. The molecule has 1 aromatic heterocycles. The highest BCUT2D eigenvalue weighted by molar-refractivity contribution is 5.87. The van der Waals surface area contributed by atoms with Gasteiger partial charge in [0, 0.05) is 28.4 Å². The summed E-state index contributed by atoms with van der Waals surface area (Å²) in [6.45, 7) is 3.95. The van der Waals surface area contributed by atoms with E-state index < -0.39 is 0 Å². The topological polar surface area (TPSA) is 33.1 Å². The highest BCUT2D eigenvalue weighted by Gasteiger charge is 2.03. The minimum absolute atomic E-state index is 0. The first-order chi connectivity index (χ1) is 6.18. The van der Waals surface area contributed by atoms with E-state index in [1.165, 1.54) is 0 Å². The van der Waals surface area contributed by atoms with E-state index in [4.69, 9.17) is 0 Å². The van der Waals surface area contributed by atoms with Crippen molar-refractivity contribution in [3.63, 3.8) is 0 Å². The summed E-state index contributed by atoms with van der Waals surface area (Å²) in [7, 11) is 0. The van der Waals surface area contributed by atoms with Crippen molar-refractivity contribution in [2.24, 2.45) is 0 Å². The highest BCUT2D eigenvalue weighted by atomic mass is 27.0. The van der Waals surface area contributed by atoms with Gasteiger partial charge in [-0.3, -0.25) is 0 Å². The Hall–Kier alpha value is -1.04.